The number of hydrogen-bond acceptors (Lipinski definition) is 3. The highest BCUT2D eigenvalue weighted by Crippen LogP contribution is 2.21. The zero-order valence-electron chi connectivity index (χ0n) is 12.1. The summed E-state index contributed by atoms with van der Waals surface area (Å²) in [5.74, 6) is 0.663. The molecule has 1 amide bonds. The van der Waals surface area contributed by atoms with Crippen LogP contribution in [0.3, 0.4) is 0 Å². The van der Waals surface area contributed by atoms with Crippen molar-refractivity contribution in [2.75, 3.05) is 19.6 Å². The van der Waals surface area contributed by atoms with E-state index in [-0.39, 0.29) is 5.91 Å². The molecule has 0 saturated carbocycles. The van der Waals surface area contributed by atoms with Crippen LogP contribution in [0.1, 0.15) is 37.0 Å². The average Bonchev–Trinajstić information content (AvgIpc) is 2.85. The molecule has 2 atom stereocenters. The van der Waals surface area contributed by atoms with Crippen LogP contribution in [0.5, 0.6) is 0 Å². The molecule has 1 fully saturated rings. The summed E-state index contributed by atoms with van der Waals surface area (Å²) in [5.41, 5.74) is 0.694. The predicted molar refractivity (Wildman–Crippen MR) is 75.0 cm³/mol. The lowest BCUT2D eigenvalue weighted by Gasteiger charge is -2.38. The number of hydrogen-bond donors (Lipinski definition) is 1. The van der Waals surface area contributed by atoms with Gasteiger partial charge in [-0.25, -0.2) is 0 Å². The van der Waals surface area contributed by atoms with Gasteiger partial charge in [-0.15, -0.1) is 0 Å². The Hall–Kier alpha value is -1.36. The minimum Gasteiger partial charge on any atom is -0.338 e. The van der Waals surface area contributed by atoms with Crippen LogP contribution in [0.4, 0.5) is 0 Å². The molecule has 0 radical (unpaired) electrons. The van der Waals surface area contributed by atoms with Crippen molar-refractivity contribution in [3.63, 3.8) is 0 Å². The quantitative estimate of drug-likeness (QED) is 0.891. The standard InChI is InChI=1S/C14H24N4O/c1-4-11-10-18(7-6-13(11)15-5-2)14(19)12-8-16-17(3)9-12/h8-9,11,13,15H,4-7,10H2,1-3H3. The zero-order chi connectivity index (χ0) is 13.8. The number of aryl methyl sites for hydroxylation is 1. The fraction of sp³-hybridized carbons (Fsp3) is 0.714. The van der Waals surface area contributed by atoms with Crippen LogP contribution in [-0.2, 0) is 7.05 Å². The van der Waals surface area contributed by atoms with Crippen molar-refractivity contribution in [3.05, 3.63) is 18.0 Å². The minimum atomic E-state index is 0.112. The Bertz CT molecular complexity index is 429. The van der Waals surface area contributed by atoms with Gasteiger partial charge in [0.05, 0.1) is 11.8 Å². The molecular weight excluding hydrogens is 240 g/mol. The van der Waals surface area contributed by atoms with E-state index in [0.717, 1.165) is 32.5 Å². The highest BCUT2D eigenvalue weighted by atomic mass is 16.2. The van der Waals surface area contributed by atoms with Gasteiger partial charge in [-0.3, -0.25) is 9.48 Å². The maximum atomic E-state index is 12.4. The minimum absolute atomic E-state index is 0.112. The van der Waals surface area contributed by atoms with Crippen molar-refractivity contribution in [1.29, 1.82) is 0 Å². The summed E-state index contributed by atoms with van der Waals surface area (Å²) in [4.78, 5) is 14.4. The van der Waals surface area contributed by atoms with Gasteiger partial charge < -0.3 is 10.2 Å². The molecule has 1 N–H and O–H groups in total. The number of nitrogens with zero attached hydrogens (tertiary/aromatic N) is 3. The molecule has 2 heterocycles. The summed E-state index contributed by atoms with van der Waals surface area (Å²) in [7, 11) is 1.84. The number of amides is 1. The van der Waals surface area contributed by atoms with Gasteiger partial charge >= 0.3 is 0 Å². The molecule has 19 heavy (non-hydrogen) atoms. The van der Waals surface area contributed by atoms with Gasteiger partial charge in [0.1, 0.15) is 0 Å². The second-order valence-corrected chi connectivity index (χ2v) is 5.28. The lowest BCUT2D eigenvalue weighted by Crippen LogP contribution is -2.50. The van der Waals surface area contributed by atoms with E-state index in [1.54, 1.807) is 17.1 Å². The van der Waals surface area contributed by atoms with Crippen molar-refractivity contribution < 1.29 is 4.79 Å². The first-order valence-corrected chi connectivity index (χ1v) is 7.17. The number of carbonyl (C=O) groups excluding carboxylic acids is 1. The smallest absolute Gasteiger partial charge is 0.257 e. The van der Waals surface area contributed by atoms with Crippen molar-refractivity contribution in [2.45, 2.75) is 32.7 Å². The summed E-state index contributed by atoms with van der Waals surface area (Å²) in [6, 6.07) is 0.549. The monoisotopic (exact) mass is 264 g/mol. The third-order valence-electron chi connectivity index (χ3n) is 3.96. The first-order valence-electron chi connectivity index (χ1n) is 7.17. The zero-order valence-corrected chi connectivity index (χ0v) is 12.1. The molecule has 1 aliphatic heterocycles. The van der Waals surface area contributed by atoms with E-state index in [2.05, 4.69) is 24.3 Å². The molecule has 1 aromatic heterocycles. The molecule has 0 bridgehead atoms. The van der Waals surface area contributed by atoms with Crippen LogP contribution in [0, 0.1) is 5.92 Å². The maximum absolute atomic E-state index is 12.4. The maximum Gasteiger partial charge on any atom is 0.257 e. The number of rotatable bonds is 4. The molecule has 1 aromatic rings. The van der Waals surface area contributed by atoms with Gasteiger partial charge in [-0.2, -0.15) is 5.10 Å². The van der Waals surface area contributed by atoms with Gasteiger partial charge in [-0.1, -0.05) is 20.3 Å². The number of aromatic nitrogens is 2. The van der Waals surface area contributed by atoms with Crippen LogP contribution in [0.25, 0.3) is 0 Å². The summed E-state index contributed by atoms with van der Waals surface area (Å²) in [5, 5.41) is 7.61. The molecule has 1 aliphatic rings. The lowest BCUT2D eigenvalue weighted by atomic mass is 9.89. The predicted octanol–water partition coefficient (Wildman–Crippen LogP) is 1.27. The molecule has 2 unspecified atom stereocenters. The average molecular weight is 264 g/mol. The number of nitrogens with one attached hydrogen (secondary N) is 1. The Balaban J connectivity index is 2.01. The van der Waals surface area contributed by atoms with Gasteiger partial charge in [-0.05, 0) is 18.9 Å². The number of piperidine rings is 1. The van der Waals surface area contributed by atoms with E-state index < -0.39 is 0 Å². The Kier molecular flexibility index (Phi) is 4.58. The van der Waals surface area contributed by atoms with Crippen LogP contribution in [-0.4, -0.2) is 46.3 Å². The summed E-state index contributed by atoms with van der Waals surface area (Å²) >= 11 is 0. The molecule has 2 rings (SSSR count). The van der Waals surface area contributed by atoms with E-state index in [0.29, 0.717) is 17.5 Å². The van der Waals surface area contributed by atoms with Crippen LogP contribution < -0.4 is 5.32 Å². The van der Waals surface area contributed by atoms with Gasteiger partial charge in [0.15, 0.2) is 0 Å². The third-order valence-corrected chi connectivity index (χ3v) is 3.96. The number of carbonyl (C=O) groups is 1. The summed E-state index contributed by atoms with van der Waals surface area (Å²) in [6.07, 6.45) is 5.59. The number of likely N-dealkylation sites (tertiary alicyclic amines) is 1. The van der Waals surface area contributed by atoms with Crippen molar-refractivity contribution in [2.24, 2.45) is 13.0 Å². The first kappa shape index (κ1) is 14.1. The van der Waals surface area contributed by atoms with Crippen LogP contribution in [0.2, 0.25) is 0 Å². The molecule has 0 aliphatic carbocycles. The second kappa shape index (κ2) is 6.19. The Morgan fingerprint density at radius 2 is 2.32 bits per heavy atom. The largest absolute Gasteiger partial charge is 0.338 e. The fourth-order valence-electron chi connectivity index (χ4n) is 2.88. The van der Waals surface area contributed by atoms with E-state index >= 15 is 0 Å². The highest BCUT2D eigenvalue weighted by Gasteiger charge is 2.30. The topological polar surface area (TPSA) is 50.2 Å². The molecule has 5 heteroatoms. The van der Waals surface area contributed by atoms with Gasteiger partial charge in [0.2, 0.25) is 0 Å². The molecule has 0 aromatic carbocycles. The van der Waals surface area contributed by atoms with E-state index in [4.69, 9.17) is 0 Å². The molecule has 106 valence electrons. The SMILES string of the molecule is CCNC1CCN(C(=O)c2cnn(C)c2)CC1CC. The molecule has 1 saturated heterocycles. The highest BCUT2D eigenvalue weighted by molar-refractivity contribution is 5.93. The van der Waals surface area contributed by atoms with Gasteiger partial charge in [0, 0.05) is 32.4 Å². The van der Waals surface area contributed by atoms with Crippen molar-refractivity contribution in [1.82, 2.24) is 20.0 Å². The fourth-order valence-corrected chi connectivity index (χ4v) is 2.88. The Labute approximate surface area is 115 Å². The second-order valence-electron chi connectivity index (χ2n) is 5.28. The van der Waals surface area contributed by atoms with Crippen molar-refractivity contribution >= 4 is 5.91 Å². The van der Waals surface area contributed by atoms with E-state index in [9.17, 15) is 4.79 Å². The Morgan fingerprint density at radius 1 is 1.53 bits per heavy atom. The normalized spacial score (nSPS) is 23.6. The third kappa shape index (κ3) is 3.15. The summed E-state index contributed by atoms with van der Waals surface area (Å²) in [6.45, 7) is 7.02. The van der Waals surface area contributed by atoms with E-state index in [1.165, 1.54) is 0 Å². The van der Waals surface area contributed by atoms with Crippen molar-refractivity contribution in [3.8, 4) is 0 Å². The lowest BCUT2D eigenvalue weighted by molar-refractivity contribution is 0.0628. The van der Waals surface area contributed by atoms with Crippen LogP contribution in [0.15, 0.2) is 12.4 Å². The summed E-state index contributed by atoms with van der Waals surface area (Å²) < 4.78 is 1.68. The molecule has 0 spiro atoms. The Morgan fingerprint density at radius 3 is 2.89 bits per heavy atom. The van der Waals surface area contributed by atoms with E-state index in [1.807, 2.05) is 11.9 Å². The molecular formula is C14H24N4O. The first-order chi connectivity index (χ1) is 9.15. The van der Waals surface area contributed by atoms with Crippen LogP contribution >= 0.6 is 0 Å². The molecule has 5 nitrogen and oxygen atoms in total. The van der Waals surface area contributed by atoms with Gasteiger partial charge in [0.25, 0.3) is 5.91 Å².